The fourth-order valence-electron chi connectivity index (χ4n) is 1.72. The number of hydrogen-bond acceptors (Lipinski definition) is 3. The number of halogens is 1. The van der Waals surface area contributed by atoms with Crippen LogP contribution in [-0.4, -0.2) is 20.3 Å². The van der Waals surface area contributed by atoms with Crippen molar-refractivity contribution in [3.05, 3.63) is 23.8 Å². The van der Waals surface area contributed by atoms with Crippen molar-refractivity contribution in [3.63, 3.8) is 0 Å². The van der Waals surface area contributed by atoms with Crippen LogP contribution in [0.3, 0.4) is 0 Å². The molecule has 0 radical (unpaired) electrons. The zero-order chi connectivity index (χ0) is 13.2. The van der Waals surface area contributed by atoms with Crippen LogP contribution in [0.2, 0.25) is 0 Å². The lowest BCUT2D eigenvalue weighted by molar-refractivity contribution is 0.174. The SMILES string of the molecule is Cl.[2H]C([2H])([2H])NCC(C)Cc1ccc2c(c1)OCO2. The highest BCUT2D eigenvalue weighted by Gasteiger charge is 2.13. The number of benzene rings is 1. The van der Waals surface area contributed by atoms with E-state index in [0.29, 0.717) is 6.54 Å². The largest absolute Gasteiger partial charge is 0.454 e. The highest BCUT2D eigenvalue weighted by atomic mass is 35.5. The van der Waals surface area contributed by atoms with Crippen LogP contribution in [-0.2, 0) is 6.42 Å². The first-order chi connectivity index (χ1) is 8.44. The Morgan fingerprint density at radius 1 is 1.44 bits per heavy atom. The molecular weight excluding hydrogens is 226 g/mol. The van der Waals surface area contributed by atoms with Crippen molar-refractivity contribution in [2.45, 2.75) is 13.3 Å². The summed E-state index contributed by atoms with van der Waals surface area (Å²) in [4.78, 5) is 0. The van der Waals surface area contributed by atoms with Gasteiger partial charge in [-0.25, -0.2) is 0 Å². The molecule has 1 aromatic carbocycles. The van der Waals surface area contributed by atoms with E-state index in [1.165, 1.54) is 0 Å². The fourth-order valence-corrected chi connectivity index (χ4v) is 1.72. The normalized spacial score (nSPS) is 17.9. The Bertz CT molecular complexity index is 426. The molecule has 2 rings (SSSR count). The molecule has 1 aromatic rings. The highest BCUT2D eigenvalue weighted by Crippen LogP contribution is 2.32. The van der Waals surface area contributed by atoms with Gasteiger partial charge in [0.2, 0.25) is 6.79 Å². The van der Waals surface area contributed by atoms with Crippen LogP contribution < -0.4 is 14.8 Å². The van der Waals surface area contributed by atoms with Gasteiger partial charge in [-0.1, -0.05) is 13.0 Å². The minimum absolute atomic E-state index is 0. The lowest BCUT2D eigenvalue weighted by Crippen LogP contribution is -2.17. The monoisotopic (exact) mass is 246 g/mol. The first kappa shape index (κ1) is 9.14. The summed E-state index contributed by atoms with van der Waals surface area (Å²) >= 11 is 0. The molecule has 1 N–H and O–H groups in total. The van der Waals surface area contributed by atoms with E-state index >= 15 is 0 Å². The summed E-state index contributed by atoms with van der Waals surface area (Å²) in [7, 11) is 0. The van der Waals surface area contributed by atoms with Crippen LogP contribution in [0.25, 0.3) is 0 Å². The molecule has 0 spiro atoms. The third kappa shape index (κ3) is 3.03. The summed E-state index contributed by atoms with van der Waals surface area (Å²) in [6.45, 7) is 0.687. The van der Waals surface area contributed by atoms with E-state index in [0.717, 1.165) is 23.5 Å². The van der Waals surface area contributed by atoms with Crippen molar-refractivity contribution < 1.29 is 13.6 Å². The summed E-state index contributed by atoms with van der Waals surface area (Å²) in [6, 6.07) is 5.83. The lowest BCUT2D eigenvalue weighted by Gasteiger charge is -2.10. The Labute approximate surface area is 107 Å². The first-order valence-electron chi connectivity index (χ1n) is 6.57. The van der Waals surface area contributed by atoms with E-state index in [4.69, 9.17) is 13.6 Å². The van der Waals surface area contributed by atoms with Crippen LogP contribution >= 0.6 is 12.4 Å². The van der Waals surface area contributed by atoms with Crippen LogP contribution in [0.1, 0.15) is 16.6 Å². The predicted octanol–water partition coefficient (Wildman–Crippen LogP) is 2.24. The van der Waals surface area contributed by atoms with Crippen LogP contribution in [0, 0.1) is 5.92 Å². The maximum absolute atomic E-state index is 7.09. The van der Waals surface area contributed by atoms with Crippen molar-refractivity contribution in [1.82, 2.24) is 5.32 Å². The first-order valence-corrected chi connectivity index (χ1v) is 5.07. The van der Waals surface area contributed by atoms with Crippen LogP contribution in [0.15, 0.2) is 18.2 Å². The second-order valence-corrected chi connectivity index (χ2v) is 3.88. The molecule has 3 nitrogen and oxygen atoms in total. The van der Waals surface area contributed by atoms with Crippen molar-refractivity contribution in [1.29, 1.82) is 0 Å². The number of rotatable bonds is 4. The van der Waals surface area contributed by atoms with Crippen molar-refractivity contribution >= 4 is 12.4 Å². The quantitative estimate of drug-likeness (QED) is 0.884. The Morgan fingerprint density at radius 2 is 2.25 bits per heavy atom. The zero-order valence-electron chi connectivity index (χ0n) is 12.2. The standard InChI is InChI=1S/C12H17NO2.ClH/c1-9(7-13-2)5-10-3-4-11-12(6-10)15-8-14-11;/h3-4,6,9,13H,5,7-8H2,1-2H3;1H/i2D3;. The van der Waals surface area contributed by atoms with Gasteiger partial charge in [-0.2, -0.15) is 0 Å². The third-order valence-electron chi connectivity index (χ3n) is 2.47. The second-order valence-electron chi connectivity index (χ2n) is 3.88. The second kappa shape index (κ2) is 5.97. The van der Waals surface area contributed by atoms with E-state index in [2.05, 4.69) is 5.32 Å². The van der Waals surface area contributed by atoms with Gasteiger partial charge < -0.3 is 14.8 Å². The molecule has 0 saturated heterocycles. The number of ether oxygens (including phenoxy) is 2. The van der Waals surface area contributed by atoms with Gasteiger partial charge in [-0.3, -0.25) is 0 Å². The average molecular weight is 247 g/mol. The molecule has 1 atom stereocenters. The van der Waals surface area contributed by atoms with Crippen LogP contribution in [0.5, 0.6) is 11.5 Å². The summed E-state index contributed by atoms with van der Waals surface area (Å²) in [5, 5.41) is 2.54. The minimum Gasteiger partial charge on any atom is -0.454 e. The molecule has 16 heavy (non-hydrogen) atoms. The van der Waals surface area contributed by atoms with E-state index < -0.39 is 6.98 Å². The topological polar surface area (TPSA) is 30.5 Å². The molecule has 1 aliphatic heterocycles. The van der Waals surface area contributed by atoms with Gasteiger partial charge in [-0.05, 0) is 43.6 Å². The molecule has 90 valence electrons. The summed E-state index contributed by atoms with van der Waals surface area (Å²) in [6.07, 6.45) is 0.805. The fraction of sp³-hybridized carbons (Fsp3) is 0.500. The van der Waals surface area contributed by atoms with Crippen molar-refractivity contribution in [3.8, 4) is 11.5 Å². The minimum atomic E-state index is -2.07. The van der Waals surface area contributed by atoms with E-state index in [1.54, 1.807) is 0 Å². The Kier molecular flexibility index (Phi) is 3.41. The highest BCUT2D eigenvalue weighted by molar-refractivity contribution is 5.85. The third-order valence-corrected chi connectivity index (χ3v) is 2.47. The molecule has 1 aliphatic rings. The molecule has 0 saturated carbocycles. The number of fused-ring (bicyclic) bond motifs is 1. The van der Waals surface area contributed by atoms with E-state index in [-0.39, 0.29) is 25.1 Å². The lowest BCUT2D eigenvalue weighted by atomic mass is 10.0. The maximum atomic E-state index is 7.09. The molecular formula is C12H18ClNO2. The molecule has 0 aromatic heterocycles. The van der Waals surface area contributed by atoms with Gasteiger partial charge in [0.05, 0.1) is 0 Å². The Morgan fingerprint density at radius 3 is 3.06 bits per heavy atom. The Balaban J connectivity index is 0.00000180. The molecule has 1 heterocycles. The summed E-state index contributed by atoms with van der Waals surface area (Å²) in [5.74, 6) is 1.78. The Hall–Kier alpha value is -0.930. The van der Waals surface area contributed by atoms with Gasteiger partial charge >= 0.3 is 0 Å². The molecule has 4 heteroatoms. The van der Waals surface area contributed by atoms with Crippen molar-refractivity contribution in [2.75, 3.05) is 20.3 Å². The van der Waals surface area contributed by atoms with Gasteiger partial charge in [-0.15, -0.1) is 12.4 Å². The summed E-state index contributed by atoms with van der Waals surface area (Å²) < 4.78 is 31.8. The zero-order valence-corrected chi connectivity index (χ0v) is 9.97. The van der Waals surface area contributed by atoms with Gasteiger partial charge in [0, 0.05) is 4.11 Å². The maximum Gasteiger partial charge on any atom is 0.231 e. The molecule has 1 unspecified atom stereocenters. The number of hydrogen-bond donors (Lipinski definition) is 1. The van der Waals surface area contributed by atoms with E-state index in [9.17, 15) is 0 Å². The van der Waals surface area contributed by atoms with Gasteiger partial charge in [0.25, 0.3) is 0 Å². The van der Waals surface area contributed by atoms with E-state index in [1.807, 2.05) is 25.1 Å². The predicted molar refractivity (Wildman–Crippen MR) is 66.6 cm³/mol. The molecule has 0 amide bonds. The molecule has 0 aliphatic carbocycles. The molecule has 0 fully saturated rings. The van der Waals surface area contributed by atoms with Gasteiger partial charge in [0.1, 0.15) is 0 Å². The smallest absolute Gasteiger partial charge is 0.231 e. The van der Waals surface area contributed by atoms with Crippen molar-refractivity contribution in [2.24, 2.45) is 5.92 Å². The van der Waals surface area contributed by atoms with Gasteiger partial charge in [0.15, 0.2) is 11.5 Å². The summed E-state index contributed by atoms with van der Waals surface area (Å²) in [5.41, 5.74) is 1.12. The average Bonchev–Trinajstić information content (AvgIpc) is 2.72. The van der Waals surface area contributed by atoms with Crippen LogP contribution in [0.4, 0.5) is 0 Å². The molecule has 0 bridgehead atoms. The number of nitrogens with one attached hydrogen (secondary N) is 1.